The average Bonchev–Trinajstić information content (AvgIpc) is 2.70. The van der Waals surface area contributed by atoms with E-state index in [2.05, 4.69) is 36.1 Å². The van der Waals surface area contributed by atoms with E-state index in [1.54, 1.807) is 11.3 Å². The lowest BCUT2D eigenvalue weighted by Crippen LogP contribution is -2.32. The summed E-state index contributed by atoms with van der Waals surface area (Å²) >= 11 is 1.59. The maximum atomic E-state index is 12.2. The zero-order chi connectivity index (χ0) is 14.9. The number of aromatic amines is 1. The molecule has 0 radical (unpaired) electrons. The Hall–Kier alpha value is -1.20. The summed E-state index contributed by atoms with van der Waals surface area (Å²) in [6, 6.07) is 0.410. The van der Waals surface area contributed by atoms with Crippen LogP contribution >= 0.6 is 11.3 Å². The van der Waals surface area contributed by atoms with Crippen LogP contribution < -0.4 is 10.9 Å². The van der Waals surface area contributed by atoms with Crippen molar-refractivity contribution in [3.05, 3.63) is 26.6 Å². The first-order chi connectivity index (χ1) is 9.43. The summed E-state index contributed by atoms with van der Waals surface area (Å²) in [7, 11) is 0. The molecule has 0 fully saturated rings. The Morgan fingerprint density at radius 2 is 2.05 bits per heavy atom. The van der Waals surface area contributed by atoms with Crippen molar-refractivity contribution in [2.75, 3.05) is 0 Å². The Morgan fingerprint density at radius 3 is 2.70 bits per heavy atom. The molecule has 0 saturated carbocycles. The van der Waals surface area contributed by atoms with Crippen molar-refractivity contribution >= 4 is 21.6 Å². The second-order valence-electron chi connectivity index (χ2n) is 5.53. The summed E-state index contributed by atoms with van der Waals surface area (Å²) in [5, 5.41) is 4.18. The zero-order valence-electron chi connectivity index (χ0n) is 12.8. The number of aryl methyl sites for hydroxylation is 2. The Bertz CT molecular complexity index is 659. The molecule has 4 nitrogen and oxygen atoms in total. The van der Waals surface area contributed by atoms with Crippen molar-refractivity contribution in [2.45, 2.75) is 53.6 Å². The SMILES string of the molecule is CCC(C)C(C)NCc1nc2sc(C)c(C)c2c(=O)[nH]1. The van der Waals surface area contributed by atoms with Crippen molar-refractivity contribution in [3.8, 4) is 0 Å². The molecule has 110 valence electrons. The molecular weight excluding hydrogens is 270 g/mol. The van der Waals surface area contributed by atoms with Gasteiger partial charge >= 0.3 is 0 Å². The van der Waals surface area contributed by atoms with Crippen LogP contribution in [-0.4, -0.2) is 16.0 Å². The van der Waals surface area contributed by atoms with E-state index in [-0.39, 0.29) is 5.56 Å². The molecule has 0 aliphatic carbocycles. The van der Waals surface area contributed by atoms with E-state index in [0.29, 0.717) is 18.5 Å². The van der Waals surface area contributed by atoms with E-state index in [9.17, 15) is 4.79 Å². The largest absolute Gasteiger partial charge is 0.309 e. The number of hydrogen-bond acceptors (Lipinski definition) is 4. The van der Waals surface area contributed by atoms with Crippen LogP contribution in [0.4, 0.5) is 0 Å². The predicted octanol–water partition coefficient (Wildman–Crippen LogP) is 3.13. The first-order valence-corrected chi connectivity index (χ1v) is 7.98. The maximum Gasteiger partial charge on any atom is 0.259 e. The van der Waals surface area contributed by atoms with Crippen molar-refractivity contribution in [1.82, 2.24) is 15.3 Å². The Labute approximate surface area is 123 Å². The molecule has 0 aromatic carbocycles. The lowest BCUT2D eigenvalue weighted by Gasteiger charge is -2.19. The van der Waals surface area contributed by atoms with E-state index in [1.807, 2.05) is 13.8 Å². The maximum absolute atomic E-state index is 12.2. The minimum absolute atomic E-state index is 0.0233. The van der Waals surface area contributed by atoms with Gasteiger partial charge in [0.25, 0.3) is 5.56 Å². The van der Waals surface area contributed by atoms with Gasteiger partial charge in [-0.1, -0.05) is 20.3 Å². The normalized spacial score (nSPS) is 14.7. The number of nitrogens with one attached hydrogen (secondary N) is 2. The molecule has 0 aliphatic rings. The van der Waals surface area contributed by atoms with Gasteiger partial charge in [-0.25, -0.2) is 4.98 Å². The summed E-state index contributed by atoms with van der Waals surface area (Å²) in [6.45, 7) is 11.2. The number of aromatic nitrogens is 2. The summed E-state index contributed by atoms with van der Waals surface area (Å²) in [5.74, 6) is 1.33. The number of H-pyrrole nitrogens is 1. The van der Waals surface area contributed by atoms with Crippen molar-refractivity contribution in [3.63, 3.8) is 0 Å². The van der Waals surface area contributed by atoms with Gasteiger partial charge in [0.1, 0.15) is 10.7 Å². The highest BCUT2D eigenvalue weighted by atomic mass is 32.1. The summed E-state index contributed by atoms with van der Waals surface area (Å²) < 4.78 is 0. The van der Waals surface area contributed by atoms with Crippen LogP contribution in [-0.2, 0) is 6.54 Å². The Balaban J connectivity index is 2.22. The highest BCUT2D eigenvalue weighted by molar-refractivity contribution is 7.18. The topological polar surface area (TPSA) is 57.8 Å². The fourth-order valence-electron chi connectivity index (χ4n) is 2.20. The van der Waals surface area contributed by atoms with Crippen molar-refractivity contribution in [2.24, 2.45) is 5.92 Å². The quantitative estimate of drug-likeness (QED) is 0.890. The van der Waals surface area contributed by atoms with E-state index < -0.39 is 0 Å². The highest BCUT2D eigenvalue weighted by Crippen LogP contribution is 2.25. The average molecular weight is 293 g/mol. The highest BCUT2D eigenvalue weighted by Gasteiger charge is 2.13. The minimum atomic E-state index is -0.0233. The van der Waals surface area contributed by atoms with Gasteiger partial charge in [0.05, 0.1) is 11.9 Å². The predicted molar refractivity (Wildman–Crippen MR) is 85.5 cm³/mol. The molecule has 0 bridgehead atoms. The molecule has 2 rings (SSSR count). The molecule has 0 spiro atoms. The van der Waals surface area contributed by atoms with Crippen LogP contribution in [0.2, 0.25) is 0 Å². The molecule has 0 amide bonds. The zero-order valence-corrected chi connectivity index (χ0v) is 13.6. The molecular formula is C15H23N3OS. The smallest absolute Gasteiger partial charge is 0.259 e. The van der Waals surface area contributed by atoms with Gasteiger partial charge in [0.2, 0.25) is 0 Å². The molecule has 0 saturated heterocycles. The van der Waals surface area contributed by atoms with Gasteiger partial charge in [-0.3, -0.25) is 4.79 Å². The lowest BCUT2D eigenvalue weighted by molar-refractivity contribution is 0.386. The van der Waals surface area contributed by atoms with Gasteiger partial charge in [-0.2, -0.15) is 0 Å². The first-order valence-electron chi connectivity index (χ1n) is 7.16. The Kier molecular flexibility index (Phi) is 4.60. The number of thiophene rings is 1. The molecule has 2 aromatic rings. The summed E-state index contributed by atoms with van der Waals surface area (Å²) in [6.07, 6.45) is 1.14. The van der Waals surface area contributed by atoms with Crippen LogP contribution in [0.3, 0.4) is 0 Å². The third-order valence-corrected chi connectivity index (χ3v) is 5.28. The number of rotatable bonds is 5. The van der Waals surface area contributed by atoms with Crippen LogP contribution in [0.25, 0.3) is 10.2 Å². The molecule has 5 heteroatoms. The number of fused-ring (bicyclic) bond motifs is 1. The summed E-state index contributed by atoms with van der Waals surface area (Å²) in [5.41, 5.74) is 1.02. The Morgan fingerprint density at radius 1 is 1.35 bits per heavy atom. The van der Waals surface area contributed by atoms with Crippen LogP contribution in [0.1, 0.15) is 43.5 Å². The molecule has 2 atom stereocenters. The van der Waals surface area contributed by atoms with E-state index in [4.69, 9.17) is 0 Å². The molecule has 2 N–H and O–H groups in total. The number of hydrogen-bond donors (Lipinski definition) is 2. The minimum Gasteiger partial charge on any atom is -0.309 e. The van der Waals surface area contributed by atoms with Crippen LogP contribution in [0.15, 0.2) is 4.79 Å². The fraction of sp³-hybridized carbons (Fsp3) is 0.600. The fourth-order valence-corrected chi connectivity index (χ4v) is 3.24. The van der Waals surface area contributed by atoms with Crippen molar-refractivity contribution < 1.29 is 0 Å². The molecule has 0 aliphatic heterocycles. The second kappa shape index (κ2) is 6.06. The van der Waals surface area contributed by atoms with E-state index in [1.165, 1.54) is 0 Å². The third kappa shape index (κ3) is 2.94. The third-order valence-electron chi connectivity index (χ3n) is 4.18. The summed E-state index contributed by atoms with van der Waals surface area (Å²) in [4.78, 5) is 21.6. The van der Waals surface area contributed by atoms with E-state index in [0.717, 1.165) is 32.9 Å². The van der Waals surface area contributed by atoms with Gasteiger partial charge in [-0.05, 0) is 32.3 Å². The van der Waals surface area contributed by atoms with Gasteiger partial charge < -0.3 is 10.3 Å². The van der Waals surface area contributed by atoms with Crippen LogP contribution in [0, 0.1) is 19.8 Å². The monoisotopic (exact) mass is 293 g/mol. The van der Waals surface area contributed by atoms with Gasteiger partial charge in [-0.15, -0.1) is 11.3 Å². The second-order valence-corrected chi connectivity index (χ2v) is 6.73. The van der Waals surface area contributed by atoms with Gasteiger partial charge in [0, 0.05) is 10.9 Å². The molecule has 2 heterocycles. The molecule has 2 aromatic heterocycles. The van der Waals surface area contributed by atoms with Crippen LogP contribution in [0.5, 0.6) is 0 Å². The molecule has 2 unspecified atom stereocenters. The van der Waals surface area contributed by atoms with Gasteiger partial charge in [0.15, 0.2) is 0 Å². The number of nitrogens with zero attached hydrogens (tertiary/aromatic N) is 1. The first kappa shape index (κ1) is 15.2. The lowest BCUT2D eigenvalue weighted by atomic mass is 10.0. The standard InChI is InChI=1S/C15H23N3OS/c1-6-8(2)10(4)16-7-12-17-14(19)13-9(3)11(5)20-15(13)18-12/h8,10,16H,6-7H2,1-5H3,(H,17,18,19). The van der Waals surface area contributed by atoms with Crippen molar-refractivity contribution in [1.29, 1.82) is 0 Å². The van der Waals surface area contributed by atoms with E-state index >= 15 is 0 Å². The molecule has 20 heavy (non-hydrogen) atoms.